The molecule has 0 aliphatic carbocycles. The number of carbonyl (C=O) groups is 2. The highest BCUT2D eigenvalue weighted by Gasteiger charge is 2.31. The Kier molecular flexibility index (Phi) is 5.56. The van der Waals surface area contributed by atoms with Crippen molar-refractivity contribution in [3.05, 3.63) is 35.1 Å². The summed E-state index contributed by atoms with van der Waals surface area (Å²) in [4.78, 5) is 28.7. The Morgan fingerprint density at radius 3 is 2.60 bits per heavy atom. The molecule has 1 aromatic rings. The number of benzene rings is 1. The summed E-state index contributed by atoms with van der Waals surface area (Å²) in [5.41, 5.74) is 1.46. The molecule has 2 aliphatic heterocycles. The second-order valence-electron chi connectivity index (χ2n) is 7.06. The number of nitrogens with zero attached hydrogens (tertiary/aromatic N) is 2. The van der Waals surface area contributed by atoms with Crippen molar-refractivity contribution in [3.63, 3.8) is 0 Å². The lowest BCUT2D eigenvalue weighted by atomic mass is 9.97. The summed E-state index contributed by atoms with van der Waals surface area (Å²) >= 11 is 0. The van der Waals surface area contributed by atoms with E-state index >= 15 is 0 Å². The van der Waals surface area contributed by atoms with Crippen molar-refractivity contribution >= 4 is 11.9 Å². The third-order valence-electron chi connectivity index (χ3n) is 5.13. The minimum absolute atomic E-state index is 0.0269. The molecule has 1 unspecified atom stereocenters. The molecule has 6 heteroatoms. The van der Waals surface area contributed by atoms with Gasteiger partial charge in [-0.1, -0.05) is 12.1 Å². The summed E-state index contributed by atoms with van der Waals surface area (Å²) in [6.07, 6.45) is 3.80. The van der Waals surface area contributed by atoms with Crippen LogP contribution in [0.25, 0.3) is 0 Å². The van der Waals surface area contributed by atoms with Crippen LogP contribution < -0.4 is 5.32 Å². The topological polar surface area (TPSA) is 52.7 Å². The Balaban J connectivity index is 1.52. The predicted molar refractivity (Wildman–Crippen MR) is 93.5 cm³/mol. The van der Waals surface area contributed by atoms with E-state index in [1.807, 2.05) is 9.80 Å². The maximum atomic E-state index is 13.3. The molecule has 0 spiro atoms. The van der Waals surface area contributed by atoms with Gasteiger partial charge in [0.2, 0.25) is 5.91 Å². The van der Waals surface area contributed by atoms with E-state index in [1.54, 1.807) is 19.1 Å². The largest absolute Gasteiger partial charge is 0.352 e. The third kappa shape index (κ3) is 4.30. The fraction of sp³-hybridized carbons (Fsp3) is 0.579. The highest BCUT2D eigenvalue weighted by Crippen LogP contribution is 2.20. The number of carbonyl (C=O) groups excluding carboxylic acids is 2. The van der Waals surface area contributed by atoms with Gasteiger partial charge >= 0.3 is 6.03 Å². The fourth-order valence-electron chi connectivity index (χ4n) is 3.62. The van der Waals surface area contributed by atoms with Crippen molar-refractivity contribution in [3.8, 4) is 0 Å². The summed E-state index contributed by atoms with van der Waals surface area (Å²) in [7, 11) is 0. The van der Waals surface area contributed by atoms with E-state index in [0.29, 0.717) is 18.7 Å². The standard InChI is InChI=1S/C19H26FN3O2/c1-14-11-15(6-7-17(14)20)12-21-18(24)16-5-4-10-23(13-16)19(25)22-8-2-3-9-22/h6-7,11,16H,2-5,8-10,12-13H2,1H3,(H,21,24). The molecular formula is C19H26FN3O2. The number of aryl methyl sites for hydroxylation is 1. The van der Waals surface area contributed by atoms with Crippen molar-refractivity contribution in [2.45, 2.75) is 39.2 Å². The van der Waals surface area contributed by atoms with Gasteiger partial charge in [0, 0.05) is 32.7 Å². The van der Waals surface area contributed by atoms with Crippen LogP contribution in [0.15, 0.2) is 18.2 Å². The summed E-state index contributed by atoms with van der Waals surface area (Å²) in [5.74, 6) is -0.429. The van der Waals surface area contributed by atoms with Gasteiger partial charge in [-0.15, -0.1) is 0 Å². The first-order valence-electron chi connectivity index (χ1n) is 9.11. The lowest BCUT2D eigenvalue weighted by molar-refractivity contribution is -0.126. The maximum Gasteiger partial charge on any atom is 0.320 e. The zero-order valence-corrected chi connectivity index (χ0v) is 14.8. The van der Waals surface area contributed by atoms with Crippen LogP contribution in [0.2, 0.25) is 0 Å². The van der Waals surface area contributed by atoms with Gasteiger partial charge in [-0.25, -0.2) is 9.18 Å². The number of amides is 3. The van der Waals surface area contributed by atoms with Crippen molar-refractivity contribution in [2.24, 2.45) is 5.92 Å². The number of hydrogen-bond acceptors (Lipinski definition) is 2. The van der Waals surface area contributed by atoms with E-state index in [2.05, 4.69) is 5.32 Å². The fourth-order valence-corrected chi connectivity index (χ4v) is 3.62. The highest BCUT2D eigenvalue weighted by atomic mass is 19.1. The number of hydrogen-bond donors (Lipinski definition) is 1. The van der Waals surface area contributed by atoms with Crippen molar-refractivity contribution < 1.29 is 14.0 Å². The van der Waals surface area contributed by atoms with Crippen LogP contribution in [-0.2, 0) is 11.3 Å². The molecule has 0 saturated carbocycles. The molecule has 2 fully saturated rings. The van der Waals surface area contributed by atoms with Crippen molar-refractivity contribution in [1.29, 1.82) is 0 Å². The molecule has 3 rings (SSSR count). The molecular weight excluding hydrogens is 321 g/mol. The molecule has 2 heterocycles. The molecule has 1 aromatic carbocycles. The van der Waals surface area contributed by atoms with Gasteiger partial charge in [-0.2, -0.15) is 0 Å². The van der Waals surface area contributed by atoms with Gasteiger partial charge < -0.3 is 15.1 Å². The number of nitrogens with one attached hydrogen (secondary N) is 1. The van der Waals surface area contributed by atoms with Crippen LogP contribution in [-0.4, -0.2) is 47.9 Å². The minimum Gasteiger partial charge on any atom is -0.352 e. The van der Waals surface area contributed by atoms with Crippen LogP contribution in [0.4, 0.5) is 9.18 Å². The van der Waals surface area contributed by atoms with Crippen LogP contribution in [0.3, 0.4) is 0 Å². The first-order chi connectivity index (χ1) is 12.0. The number of rotatable bonds is 3. The second kappa shape index (κ2) is 7.85. The summed E-state index contributed by atoms with van der Waals surface area (Å²) in [6.45, 7) is 4.98. The highest BCUT2D eigenvalue weighted by molar-refractivity contribution is 5.81. The second-order valence-corrected chi connectivity index (χ2v) is 7.06. The molecule has 3 amide bonds. The maximum absolute atomic E-state index is 13.3. The quantitative estimate of drug-likeness (QED) is 0.914. The van der Waals surface area contributed by atoms with Crippen molar-refractivity contribution in [1.82, 2.24) is 15.1 Å². The number of piperidine rings is 1. The van der Waals surface area contributed by atoms with E-state index in [0.717, 1.165) is 50.9 Å². The lowest BCUT2D eigenvalue weighted by Gasteiger charge is -2.34. The molecule has 0 radical (unpaired) electrons. The normalized spacial score (nSPS) is 20.6. The molecule has 0 bridgehead atoms. The predicted octanol–water partition coefficient (Wildman–Crippen LogP) is 2.68. The Bertz CT molecular complexity index is 644. The average Bonchev–Trinajstić information content (AvgIpc) is 3.16. The van der Waals surface area contributed by atoms with Crippen LogP contribution in [0.1, 0.15) is 36.8 Å². The Morgan fingerprint density at radius 1 is 1.16 bits per heavy atom. The molecule has 5 nitrogen and oxygen atoms in total. The monoisotopic (exact) mass is 347 g/mol. The molecule has 2 saturated heterocycles. The lowest BCUT2D eigenvalue weighted by Crippen LogP contribution is -2.49. The Labute approximate surface area is 148 Å². The van der Waals surface area contributed by atoms with E-state index in [-0.39, 0.29) is 23.7 Å². The van der Waals surface area contributed by atoms with Crippen LogP contribution in [0.5, 0.6) is 0 Å². The van der Waals surface area contributed by atoms with Gasteiger partial charge in [0.15, 0.2) is 0 Å². The Hall–Kier alpha value is -2.11. The summed E-state index contributed by atoms with van der Waals surface area (Å²) < 4.78 is 13.3. The minimum atomic E-state index is -0.238. The van der Waals surface area contributed by atoms with E-state index in [4.69, 9.17) is 0 Å². The first-order valence-corrected chi connectivity index (χ1v) is 9.11. The first kappa shape index (κ1) is 17.7. The third-order valence-corrected chi connectivity index (χ3v) is 5.13. The van der Waals surface area contributed by atoms with Gasteiger partial charge in [-0.3, -0.25) is 4.79 Å². The van der Waals surface area contributed by atoms with Gasteiger partial charge in [0.1, 0.15) is 5.82 Å². The molecule has 1 atom stereocenters. The molecule has 25 heavy (non-hydrogen) atoms. The number of likely N-dealkylation sites (tertiary alicyclic amines) is 2. The van der Waals surface area contributed by atoms with Crippen molar-refractivity contribution in [2.75, 3.05) is 26.2 Å². The molecule has 2 aliphatic rings. The number of halogens is 1. The zero-order valence-electron chi connectivity index (χ0n) is 14.8. The average molecular weight is 347 g/mol. The number of urea groups is 1. The smallest absolute Gasteiger partial charge is 0.320 e. The van der Waals surface area contributed by atoms with Gasteiger partial charge in [0.05, 0.1) is 5.92 Å². The SMILES string of the molecule is Cc1cc(CNC(=O)C2CCCN(C(=O)N3CCCC3)C2)ccc1F. The van der Waals surface area contributed by atoms with E-state index in [9.17, 15) is 14.0 Å². The van der Waals surface area contributed by atoms with Crippen LogP contribution >= 0.6 is 0 Å². The molecule has 136 valence electrons. The summed E-state index contributed by atoms with van der Waals surface area (Å²) in [5, 5.41) is 2.93. The molecule has 1 N–H and O–H groups in total. The molecule has 0 aromatic heterocycles. The Morgan fingerprint density at radius 2 is 1.88 bits per heavy atom. The van der Waals surface area contributed by atoms with E-state index in [1.165, 1.54) is 6.07 Å². The van der Waals surface area contributed by atoms with E-state index < -0.39 is 0 Å². The van der Waals surface area contributed by atoms with Gasteiger partial charge in [-0.05, 0) is 49.8 Å². The zero-order chi connectivity index (χ0) is 17.8. The van der Waals surface area contributed by atoms with Crippen LogP contribution in [0, 0.1) is 18.7 Å². The van der Waals surface area contributed by atoms with Gasteiger partial charge in [0.25, 0.3) is 0 Å². The summed E-state index contributed by atoms with van der Waals surface area (Å²) in [6, 6.07) is 4.93.